The summed E-state index contributed by atoms with van der Waals surface area (Å²) in [5, 5.41) is 1.52. The minimum atomic E-state index is -0.0291. The van der Waals surface area contributed by atoms with Crippen molar-refractivity contribution < 1.29 is 9.21 Å². The van der Waals surface area contributed by atoms with Gasteiger partial charge in [0.15, 0.2) is 5.76 Å². The first-order valence-electron chi connectivity index (χ1n) is 5.22. The largest absolute Gasteiger partial charge is 0.451 e. The number of halogens is 1. The molecule has 1 amide bonds. The summed E-state index contributed by atoms with van der Waals surface area (Å²) in [6.07, 6.45) is 1.08. The van der Waals surface area contributed by atoms with Gasteiger partial charge in [0.05, 0.1) is 0 Å². The fourth-order valence-corrected chi connectivity index (χ4v) is 1.98. The lowest BCUT2D eigenvalue weighted by atomic mass is 10.2. The van der Waals surface area contributed by atoms with Gasteiger partial charge in [0.1, 0.15) is 5.58 Å². The molecule has 3 rings (SSSR count). The summed E-state index contributed by atoms with van der Waals surface area (Å²) in [4.78, 5) is 13.7. The molecule has 0 atom stereocenters. The molecule has 0 unspecified atom stereocenters. The van der Waals surface area contributed by atoms with Crippen molar-refractivity contribution >= 4 is 28.5 Å². The predicted molar refractivity (Wildman–Crippen MR) is 61.7 cm³/mol. The van der Waals surface area contributed by atoms with Crippen LogP contribution in [0.1, 0.15) is 17.0 Å². The van der Waals surface area contributed by atoms with E-state index in [4.69, 9.17) is 16.0 Å². The number of fused-ring (bicyclic) bond motifs is 1. The van der Waals surface area contributed by atoms with E-state index in [1.807, 2.05) is 0 Å². The highest BCUT2D eigenvalue weighted by Crippen LogP contribution is 2.24. The molecule has 4 heteroatoms. The highest BCUT2D eigenvalue weighted by atomic mass is 35.5. The Morgan fingerprint density at radius 3 is 2.81 bits per heavy atom. The number of hydrogen-bond donors (Lipinski definition) is 0. The van der Waals surface area contributed by atoms with Crippen molar-refractivity contribution in [1.29, 1.82) is 0 Å². The van der Waals surface area contributed by atoms with Gasteiger partial charge in [0.2, 0.25) is 0 Å². The summed E-state index contributed by atoms with van der Waals surface area (Å²) in [5.41, 5.74) is 0.702. The smallest absolute Gasteiger partial charge is 0.289 e. The second kappa shape index (κ2) is 3.52. The zero-order valence-corrected chi connectivity index (χ0v) is 9.33. The van der Waals surface area contributed by atoms with Crippen LogP contribution in [-0.2, 0) is 0 Å². The molecular formula is C12H10ClNO2. The highest BCUT2D eigenvalue weighted by molar-refractivity contribution is 6.31. The Morgan fingerprint density at radius 2 is 2.12 bits per heavy atom. The standard InChI is InChI=1S/C12H10ClNO2/c13-9-2-3-10-8(6-9)7-11(16-10)12(15)14-4-1-5-14/h2-3,6-7H,1,4-5H2. The van der Waals surface area contributed by atoms with Crippen LogP contribution in [0.3, 0.4) is 0 Å². The predicted octanol–water partition coefficient (Wildman–Crippen LogP) is 2.93. The summed E-state index contributed by atoms with van der Waals surface area (Å²) in [6, 6.07) is 7.09. The quantitative estimate of drug-likeness (QED) is 0.762. The van der Waals surface area contributed by atoms with Gasteiger partial charge in [-0.1, -0.05) is 11.6 Å². The summed E-state index contributed by atoms with van der Waals surface area (Å²) < 4.78 is 5.49. The number of carbonyl (C=O) groups is 1. The Balaban J connectivity index is 2.01. The maximum atomic E-state index is 11.9. The van der Waals surface area contributed by atoms with Crippen molar-refractivity contribution in [2.24, 2.45) is 0 Å². The van der Waals surface area contributed by atoms with Gasteiger partial charge in [-0.15, -0.1) is 0 Å². The zero-order valence-electron chi connectivity index (χ0n) is 8.57. The van der Waals surface area contributed by atoms with Crippen molar-refractivity contribution in [3.8, 4) is 0 Å². The number of carbonyl (C=O) groups excluding carboxylic acids is 1. The van der Waals surface area contributed by atoms with Gasteiger partial charge in [-0.25, -0.2) is 0 Å². The molecule has 1 aromatic heterocycles. The Hall–Kier alpha value is -1.48. The zero-order chi connectivity index (χ0) is 11.1. The first kappa shape index (κ1) is 9.73. The third kappa shape index (κ3) is 1.48. The van der Waals surface area contributed by atoms with E-state index in [2.05, 4.69) is 0 Å². The van der Waals surface area contributed by atoms with Crippen LogP contribution in [0.15, 0.2) is 28.7 Å². The van der Waals surface area contributed by atoms with E-state index in [0.29, 0.717) is 16.4 Å². The van der Waals surface area contributed by atoms with E-state index in [1.54, 1.807) is 29.2 Å². The number of furan rings is 1. The summed E-state index contributed by atoms with van der Waals surface area (Å²) in [6.45, 7) is 1.66. The number of amides is 1. The number of hydrogen-bond acceptors (Lipinski definition) is 2. The lowest BCUT2D eigenvalue weighted by Crippen LogP contribution is -2.41. The Bertz CT molecular complexity index is 557. The van der Waals surface area contributed by atoms with Crippen molar-refractivity contribution in [3.05, 3.63) is 35.0 Å². The van der Waals surface area contributed by atoms with Crippen LogP contribution >= 0.6 is 11.6 Å². The number of nitrogens with zero attached hydrogens (tertiary/aromatic N) is 1. The molecule has 1 saturated heterocycles. The number of rotatable bonds is 1. The van der Waals surface area contributed by atoms with Crippen molar-refractivity contribution in [2.45, 2.75) is 6.42 Å². The Kier molecular flexibility index (Phi) is 2.14. The van der Waals surface area contributed by atoms with Crippen molar-refractivity contribution in [2.75, 3.05) is 13.1 Å². The SMILES string of the molecule is O=C(c1cc2cc(Cl)ccc2o1)N1CCC1. The topological polar surface area (TPSA) is 33.5 Å². The maximum Gasteiger partial charge on any atom is 0.289 e. The third-order valence-corrected chi connectivity index (χ3v) is 3.07. The second-order valence-corrected chi connectivity index (χ2v) is 4.37. The highest BCUT2D eigenvalue weighted by Gasteiger charge is 2.24. The van der Waals surface area contributed by atoms with E-state index < -0.39 is 0 Å². The average Bonchev–Trinajstić information content (AvgIpc) is 2.57. The van der Waals surface area contributed by atoms with Gasteiger partial charge in [-0.05, 0) is 30.7 Å². The monoisotopic (exact) mass is 235 g/mol. The first-order valence-corrected chi connectivity index (χ1v) is 5.60. The van der Waals surface area contributed by atoms with Crippen LogP contribution in [0.2, 0.25) is 5.02 Å². The minimum absolute atomic E-state index is 0.0291. The van der Waals surface area contributed by atoms with Crippen LogP contribution in [-0.4, -0.2) is 23.9 Å². The Morgan fingerprint density at radius 1 is 1.31 bits per heavy atom. The minimum Gasteiger partial charge on any atom is -0.451 e. The number of benzene rings is 1. The summed E-state index contributed by atoms with van der Waals surface area (Å²) in [7, 11) is 0. The summed E-state index contributed by atoms with van der Waals surface area (Å²) in [5.74, 6) is 0.371. The van der Waals surface area contributed by atoms with Gasteiger partial charge in [0, 0.05) is 23.5 Å². The molecule has 0 radical (unpaired) electrons. The van der Waals surface area contributed by atoms with Gasteiger partial charge in [-0.2, -0.15) is 0 Å². The molecule has 0 aliphatic carbocycles. The average molecular weight is 236 g/mol. The number of likely N-dealkylation sites (tertiary alicyclic amines) is 1. The fraction of sp³-hybridized carbons (Fsp3) is 0.250. The second-order valence-electron chi connectivity index (χ2n) is 3.94. The van der Waals surface area contributed by atoms with Crippen LogP contribution in [0.25, 0.3) is 11.0 Å². The lowest BCUT2D eigenvalue weighted by molar-refractivity contribution is 0.0621. The molecular weight excluding hydrogens is 226 g/mol. The molecule has 16 heavy (non-hydrogen) atoms. The third-order valence-electron chi connectivity index (χ3n) is 2.83. The van der Waals surface area contributed by atoms with E-state index in [0.717, 1.165) is 24.9 Å². The van der Waals surface area contributed by atoms with E-state index in [9.17, 15) is 4.79 Å². The molecule has 2 heterocycles. The molecule has 0 bridgehead atoms. The maximum absolute atomic E-state index is 11.9. The molecule has 3 nitrogen and oxygen atoms in total. The lowest BCUT2D eigenvalue weighted by Gasteiger charge is -2.29. The van der Waals surface area contributed by atoms with E-state index in [1.165, 1.54) is 0 Å². The van der Waals surface area contributed by atoms with Crippen LogP contribution in [0.4, 0.5) is 0 Å². The fourth-order valence-electron chi connectivity index (χ4n) is 1.79. The van der Waals surface area contributed by atoms with Crippen molar-refractivity contribution in [1.82, 2.24) is 4.90 Å². The Labute approximate surface area is 97.6 Å². The molecule has 0 N–H and O–H groups in total. The first-order chi connectivity index (χ1) is 7.74. The molecule has 2 aromatic rings. The molecule has 1 aliphatic heterocycles. The van der Waals surface area contributed by atoms with Crippen LogP contribution in [0, 0.1) is 0 Å². The molecule has 1 fully saturated rings. The normalized spacial score (nSPS) is 15.2. The van der Waals surface area contributed by atoms with Crippen LogP contribution < -0.4 is 0 Å². The van der Waals surface area contributed by atoms with Gasteiger partial charge >= 0.3 is 0 Å². The van der Waals surface area contributed by atoms with Gasteiger partial charge < -0.3 is 9.32 Å². The van der Waals surface area contributed by atoms with Gasteiger partial charge in [0.25, 0.3) is 5.91 Å². The molecule has 1 aliphatic rings. The van der Waals surface area contributed by atoms with Crippen LogP contribution in [0.5, 0.6) is 0 Å². The molecule has 82 valence electrons. The van der Waals surface area contributed by atoms with E-state index >= 15 is 0 Å². The molecule has 0 saturated carbocycles. The molecule has 0 spiro atoms. The molecule has 1 aromatic carbocycles. The van der Waals surface area contributed by atoms with E-state index in [-0.39, 0.29) is 5.91 Å². The van der Waals surface area contributed by atoms with Gasteiger partial charge in [-0.3, -0.25) is 4.79 Å². The summed E-state index contributed by atoms with van der Waals surface area (Å²) >= 11 is 5.87. The van der Waals surface area contributed by atoms with Crippen molar-refractivity contribution in [3.63, 3.8) is 0 Å².